The van der Waals surface area contributed by atoms with Crippen LogP contribution in [0.2, 0.25) is 0 Å². The van der Waals surface area contributed by atoms with Crippen molar-refractivity contribution >= 4 is 5.91 Å². The lowest BCUT2D eigenvalue weighted by Gasteiger charge is -2.06. The molecule has 0 atom stereocenters. The summed E-state index contributed by atoms with van der Waals surface area (Å²) in [4.78, 5) is 16.0. The Morgan fingerprint density at radius 1 is 1.16 bits per heavy atom. The second kappa shape index (κ2) is 6.69. The van der Waals surface area contributed by atoms with Crippen LogP contribution in [-0.4, -0.2) is 10.9 Å². The summed E-state index contributed by atoms with van der Waals surface area (Å²) >= 11 is 0. The molecule has 1 aromatic heterocycles. The van der Waals surface area contributed by atoms with E-state index in [9.17, 15) is 4.79 Å². The molecule has 0 saturated carbocycles. The first-order chi connectivity index (χ1) is 9.29. The van der Waals surface area contributed by atoms with E-state index in [0.29, 0.717) is 12.1 Å². The van der Waals surface area contributed by atoms with Crippen LogP contribution in [-0.2, 0) is 13.0 Å². The quantitative estimate of drug-likeness (QED) is 0.891. The van der Waals surface area contributed by atoms with Gasteiger partial charge in [-0.3, -0.25) is 9.78 Å². The zero-order chi connectivity index (χ0) is 13.5. The van der Waals surface area contributed by atoms with Gasteiger partial charge < -0.3 is 5.32 Å². The highest BCUT2D eigenvalue weighted by Crippen LogP contribution is 2.07. The van der Waals surface area contributed by atoms with Crippen molar-refractivity contribution in [2.24, 2.45) is 0 Å². The minimum Gasteiger partial charge on any atom is -0.348 e. The molecule has 1 aromatic carbocycles. The number of pyridine rings is 1. The topological polar surface area (TPSA) is 42.0 Å². The number of nitrogens with one attached hydrogen (secondary N) is 1. The van der Waals surface area contributed by atoms with E-state index in [2.05, 4.69) is 17.2 Å². The maximum absolute atomic E-state index is 12.0. The highest BCUT2D eigenvalue weighted by Gasteiger charge is 2.04. The van der Waals surface area contributed by atoms with Gasteiger partial charge in [0.05, 0.1) is 0 Å². The Morgan fingerprint density at radius 3 is 2.58 bits per heavy atom. The lowest BCUT2D eigenvalue weighted by molar-refractivity contribution is 0.0951. The van der Waals surface area contributed by atoms with E-state index in [0.717, 1.165) is 18.4 Å². The predicted molar refractivity (Wildman–Crippen MR) is 75.8 cm³/mol. The number of carbonyl (C=O) groups is 1. The highest BCUT2D eigenvalue weighted by atomic mass is 16.1. The number of aryl methyl sites for hydroxylation is 1. The molecule has 0 saturated heterocycles. The maximum Gasteiger partial charge on any atom is 0.251 e. The summed E-state index contributed by atoms with van der Waals surface area (Å²) in [6.07, 6.45) is 5.65. The van der Waals surface area contributed by atoms with Crippen molar-refractivity contribution in [2.45, 2.75) is 26.3 Å². The first kappa shape index (κ1) is 13.3. The number of rotatable bonds is 5. The van der Waals surface area contributed by atoms with E-state index in [1.807, 2.05) is 36.4 Å². The Labute approximate surface area is 113 Å². The van der Waals surface area contributed by atoms with Crippen LogP contribution in [0.15, 0.2) is 48.8 Å². The Balaban J connectivity index is 1.92. The van der Waals surface area contributed by atoms with Crippen molar-refractivity contribution in [3.8, 4) is 0 Å². The fourth-order valence-electron chi connectivity index (χ4n) is 1.90. The van der Waals surface area contributed by atoms with Gasteiger partial charge in [-0.25, -0.2) is 0 Å². The van der Waals surface area contributed by atoms with E-state index in [4.69, 9.17) is 0 Å². The monoisotopic (exact) mass is 254 g/mol. The van der Waals surface area contributed by atoms with Gasteiger partial charge in [-0.1, -0.05) is 31.5 Å². The van der Waals surface area contributed by atoms with Gasteiger partial charge in [-0.05, 0) is 35.7 Å². The van der Waals surface area contributed by atoms with Crippen LogP contribution in [0.5, 0.6) is 0 Å². The standard InChI is InChI=1S/C16H18N2O/c1-2-4-13-6-8-15(9-7-13)16(19)18-12-14-5-3-10-17-11-14/h3,5-11H,2,4,12H2,1H3,(H,18,19). The molecule has 0 fully saturated rings. The molecule has 2 rings (SSSR count). The molecule has 1 heterocycles. The summed E-state index contributed by atoms with van der Waals surface area (Å²) in [6, 6.07) is 11.6. The summed E-state index contributed by atoms with van der Waals surface area (Å²) < 4.78 is 0. The average Bonchev–Trinajstić information content (AvgIpc) is 2.47. The van der Waals surface area contributed by atoms with Crippen LogP contribution in [0.25, 0.3) is 0 Å². The van der Waals surface area contributed by atoms with Gasteiger partial charge >= 0.3 is 0 Å². The van der Waals surface area contributed by atoms with E-state index in [1.54, 1.807) is 12.4 Å². The third kappa shape index (κ3) is 3.91. The Hall–Kier alpha value is -2.16. The molecule has 2 aromatic rings. The third-order valence-electron chi connectivity index (χ3n) is 2.93. The van der Waals surface area contributed by atoms with Gasteiger partial charge in [0, 0.05) is 24.5 Å². The van der Waals surface area contributed by atoms with E-state index in [1.165, 1.54) is 5.56 Å². The number of amides is 1. The molecule has 3 heteroatoms. The number of benzene rings is 1. The summed E-state index contributed by atoms with van der Waals surface area (Å²) in [7, 11) is 0. The van der Waals surface area contributed by atoms with E-state index in [-0.39, 0.29) is 5.91 Å². The largest absolute Gasteiger partial charge is 0.348 e. The van der Waals surface area contributed by atoms with Crippen molar-refractivity contribution < 1.29 is 4.79 Å². The number of aromatic nitrogens is 1. The second-order valence-electron chi connectivity index (χ2n) is 4.49. The van der Waals surface area contributed by atoms with Gasteiger partial charge in [0.25, 0.3) is 5.91 Å². The number of carbonyl (C=O) groups excluding carboxylic acids is 1. The van der Waals surface area contributed by atoms with Gasteiger partial charge in [-0.2, -0.15) is 0 Å². The predicted octanol–water partition coefficient (Wildman–Crippen LogP) is 2.96. The van der Waals surface area contributed by atoms with Gasteiger partial charge in [0.2, 0.25) is 0 Å². The Bertz CT molecular complexity index is 520. The molecule has 0 spiro atoms. The van der Waals surface area contributed by atoms with Crippen molar-refractivity contribution in [3.05, 3.63) is 65.5 Å². The van der Waals surface area contributed by atoms with Gasteiger partial charge in [-0.15, -0.1) is 0 Å². The Kier molecular flexibility index (Phi) is 4.67. The van der Waals surface area contributed by atoms with E-state index < -0.39 is 0 Å². The summed E-state index contributed by atoms with van der Waals surface area (Å²) in [6.45, 7) is 2.65. The van der Waals surface area contributed by atoms with Crippen LogP contribution < -0.4 is 5.32 Å². The number of nitrogens with zero attached hydrogens (tertiary/aromatic N) is 1. The SMILES string of the molecule is CCCc1ccc(C(=O)NCc2cccnc2)cc1. The molecule has 0 aliphatic heterocycles. The summed E-state index contributed by atoms with van der Waals surface area (Å²) in [5, 5.41) is 2.89. The average molecular weight is 254 g/mol. The van der Waals surface area contributed by atoms with Crippen molar-refractivity contribution in [3.63, 3.8) is 0 Å². The second-order valence-corrected chi connectivity index (χ2v) is 4.49. The molecule has 98 valence electrons. The molecule has 3 nitrogen and oxygen atoms in total. The molecule has 1 N–H and O–H groups in total. The smallest absolute Gasteiger partial charge is 0.251 e. The first-order valence-electron chi connectivity index (χ1n) is 6.55. The first-order valence-corrected chi connectivity index (χ1v) is 6.55. The minimum atomic E-state index is -0.0492. The molecule has 0 unspecified atom stereocenters. The fourth-order valence-corrected chi connectivity index (χ4v) is 1.90. The van der Waals surface area contributed by atoms with Crippen LogP contribution in [0.1, 0.15) is 34.8 Å². The molecule has 19 heavy (non-hydrogen) atoms. The third-order valence-corrected chi connectivity index (χ3v) is 2.93. The molecule has 0 aliphatic carbocycles. The van der Waals surface area contributed by atoms with Crippen LogP contribution in [0.3, 0.4) is 0 Å². The lowest BCUT2D eigenvalue weighted by atomic mass is 10.1. The normalized spacial score (nSPS) is 10.2. The zero-order valence-corrected chi connectivity index (χ0v) is 11.1. The fraction of sp³-hybridized carbons (Fsp3) is 0.250. The van der Waals surface area contributed by atoms with Crippen LogP contribution >= 0.6 is 0 Å². The van der Waals surface area contributed by atoms with Crippen LogP contribution in [0, 0.1) is 0 Å². The van der Waals surface area contributed by atoms with Crippen molar-refractivity contribution in [2.75, 3.05) is 0 Å². The van der Waals surface area contributed by atoms with Gasteiger partial charge in [0.15, 0.2) is 0 Å². The van der Waals surface area contributed by atoms with Crippen LogP contribution in [0.4, 0.5) is 0 Å². The lowest BCUT2D eigenvalue weighted by Crippen LogP contribution is -2.22. The summed E-state index contributed by atoms with van der Waals surface area (Å²) in [5.41, 5.74) is 2.97. The van der Waals surface area contributed by atoms with E-state index >= 15 is 0 Å². The molecule has 1 amide bonds. The van der Waals surface area contributed by atoms with Crippen molar-refractivity contribution in [1.82, 2.24) is 10.3 Å². The number of hydrogen-bond acceptors (Lipinski definition) is 2. The van der Waals surface area contributed by atoms with Crippen molar-refractivity contribution in [1.29, 1.82) is 0 Å². The molecule has 0 bridgehead atoms. The Morgan fingerprint density at radius 2 is 1.95 bits per heavy atom. The minimum absolute atomic E-state index is 0.0492. The molecule has 0 aliphatic rings. The molecular weight excluding hydrogens is 236 g/mol. The summed E-state index contributed by atoms with van der Waals surface area (Å²) in [5.74, 6) is -0.0492. The number of hydrogen-bond donors (Lipinski definition) is 1. The zero-order valence-electron chi connectivity index (χ0n) is 11.1. The molecular formula is C16H18N2O. The van der Waals surface area contributed by atoms with Gasteiger partial charge in [0.1, 0.15) is 0 Å². The highest BCUT2D eigenvalue weighted by molar-refractivity contribution is 5.94. The molecule has 0 radical (unpaired) electrons. The maximum atomic E-state index is 12.0.